The summed E-state index contributed by atoms with van der Waals surface area (Å²) in [5.41, 5.74) is 2.62. The maximum atomic E-state index is 11.7. The first kappa shape index (κ1) is 13.1. The number of aryl methyl sites for hydroxylation is 1. The number of amides is 1. The molecule has 0 spiro atoms. The molecule has 0 aromatic heterocycles. The predicted octanol–water partition coefficient (Wildman–Crippen LogP) is 1.80. The summed E-state index contributed by atoms with van der Waals surface area (Å²) < 4.78 is 0. The van der Waals surface area contributed by atoms with Crippen molar-refractivity contribution >= 4 is 5.91 Å². The molecule has 1 aliphatic heterocycles. The number of hydrogen-bond donors (Lipinski definition) is 2. The highest BCUT2D eigenvalue weighted by atomic mass is 16.2. The van der Waals surface area contributed by atoms with Crippen LogP contribution in [0.25, 0.3) is 0 Å². The fraction of sp³-hybridized carbons (Fsp3) is 0.533. The summed E-state index contributed by atoms with van der Waals surface area (Å²) in [6.45, 7) is 3.80. The lowest BCUT2D eigenvalue weighted by molar-refractivity contribution is -0.122. The molecule has 1 heterocycles. The van der Waals surface area contributed by atoms with Crippen molar-refractivity contribution in [2.75, 3.05) is 13.1 Å². The van der Waals surface area contributed by atoms with E-state index < -0.39 is 0 Å². The first-order valence-corrected chi connectivity index (χ1v) is 6.82. The molecule has 1 saturated heterocycles. The first-order valence-electron chi connectivity index (χ1n) is 6.82. The first-order chi connectivity index (χ1) is 8.75. The van der Waals surface area contributed by atoms with Gasteiger partial charge in [0.15, 0.2) is 0 Å². The summed E-state index contributed by atoms with van der Waals surface area (Å²) in [6.07, 6.45) is 4.16. The van der Waals surface area contributed by atoms with Crippen LogP contribution in [0.5, 0.6) is 0 Å². The quantitative estimate of drug-likeness (QED) is 0.850. The van der Waals surface area contributed by atoms with E-state index >= 15 is 0 Å². The summed E-state index contributed by atoms with van der Waals surface area (Å²) in [4.78, 5) is 11.7. The van der Waals surface area contributed by atoms with Gasteiger partial charge in [0.05, 0.1) is 6.04 Å². The number of nitrogens with one attached hydrogen (secondary N) is 2. The van der Waals surface area contributed by atoms with Gasteiger partial charge < -0.3 is 10.6 Å². The summed E-state index contributed by atoms with van der Waals surface area (Å²) in [5, 5.41) is 6.32. The zero-order chi connectivity index (χ0) is 12.8. The minimum absolute atomic E-state index is 0.00249. The molecule has 0 saturated carbocycles. The van der Waals surface area contributed by atoms with E-state index in [-0.39, 0.29) is 11.9 Å². The molecule has 1 amide bonds. The monoisotopic (exact) mass is 246 g/mol. The van der Waals surface area contributed by atoms with Gasteiger partial charge in [0.2, 0.25) is 5.91 Å². The van der Waals surface area contributed by atoms with Crippen LogP contribution < -0.4 is 10.6 Å². The Kier molecular flexibility index (Phi) is 4.76. The Labute approximate surface area is 109 Å². The third kappa shape index (κ3) is 3.84. The van der Waals surface area contributed by atoms with Crippen molar-refractivity contribution in [2.24, 2.45) is 0 Å². The smallest absolute Gasteiger partial charge is 0.237 e. The van der Waals surface area contributed by atoms with Gasteiger partial charge in [0.25, 0.3) is 0 Å². The largest absolute Gasteiger partial charge is 0.355 e. The average molecular weight is 246 g/mol. The molecule has 1 aromatic carbocycles. The summed E-state index contributed by atoms with van der Waals surface area (Å²) in [7, 11) is 0. The highest BCUT2D eigenvalue weighted by Crippen LogP contribution is 2.07. The van der Waals surface area contributed by atoms with Gasteiger partial charge in [-0.25, -0.2) is 0 Å². The molecule has 1 atom stereocenters. The van der Waals surface area contributed by atoms with Crippen LogP contribution in [0.2, 0.25) is 0 Å². The van der Waals surface area contributed by atoms with Crippen molar-refractivity contribution in [3.05, 3.63) is 35.4 Å². The van der Waals surface area contributed by atoms with Gasteiger partial charge in [-0.05, 0) is 44.7 Å². The zero-order valence-electron chi connectivity index (χ0n) is 11.0. The molecule has 2 rings (SSSR count). The minimum atomic E-state index is -0.00249. The number of carbonyl (C=O) groups excluding carboxylic acids is 1. The molecule has 1 aromatic rings. The second kappa shape index (κ2) is 6.55. The molecule has 3 heteroatoms. The van der Waals surface area contributed by atoms with Gasteiger partial charge in [-0.15, -0.1) is 0 Å². The molecule has 1 fully saturated rings. The fourth-order valence-electron chi connectivity index (χ4n) is 2.39. The highest BCUT2D eigenvalue weighted by Gasteiger charge is 2.19. The third-order valence-corrected chi connectivity index (χ3v) is 3.42. The predicted molar refractivity (Wildman–Crippen MR) is 73.5 cm³/mol. The van der Waals surface area contributed by atoms with Crippen molar-refractivity contribution in [3.8, 4) is 0 Å². The summed E-state index contributed by atoms with van der Waals surface area (Å²) in [5.74, 6) is 0.164. The fourth-order valence-corrected chi connectivity index (χ4v) is 2.39. The van der Waals surface area contributed by atoms with Gasteiger partial charge in [-0.2, -0.15) is 0 Å². The Balaban J connectivity index is 1.79. The lowest BCUT2D eigenvalue weighted by atomic mass is 10.1. The summed E-state index contributed by atoms with van der Waals surface area (Å²) in [6, 6.07) is 8.53. The van der Waals surface area contributed by atoms with Crippen molar-refractivity contribution < 1.29 is 4.79 Å². The molecule has 0 aliphatic carbocycles. The van der Waals surface area contributed by atoms with Crippen molar-refractivity contribution in [1.29, 1.82) is 0 Å². The maximum absolute atomic E-state index is 11.7. The highest BCUT2D eigenvalue weighted by molar-refractivity contribution is 5.81. The lowest BCUT2D eigenvalue weighted by Crippen LogP contribution is -2.43. The Morgan fingerprint density at radius 1 is 1.39 bits per heavy atom. The van der Waals surface area contributed by atoms with Crippen LogP contribution in [0.3, 0.4) is 0 Å². The van der Waals surface area contributed by atoms with Crippen LogP contribution in [0, 0.1) is 6.92 Å². The van der Waals surface area contributed by atoms with E-state index in [1.165, 1.54) is 11.1 Å². The Hall–Kier alpha value is -1.35. The van der Waals surface area contributed by atoms with Crippen molar-refractivity contribution in [1.82, 2.24) is 10.6 Å². The normalized spacial score (nSPS) is 20.3. The number of carbonyl (C=O) groups is 1. The second-order valence-electron chi connectivity index (χ2n) is 5.03. The molecule has 0 radical (unpaired) electrons. The van der Waals surface area contributed by atoms with Crippen LogP contribution in [-0.2, 0) is 11.2 Å². The van der Waals surface area contributed by atoms with Gasteiger partial charge in [0, 0.05) is 6.54 Å². The second-order valence-corrected chi connectivity index (χ2v) is 5.03. The van der Waals surface area contributed by atoms with E-state index in [2.05, 4.69) is 41.8 Å². The van der Waals surface area contributed by atoms with E-state index in [0.29, 0.717) is 0 Å². The Morgan fingerprint density at radius 2 is 2.28 bits per heavy atom. The van der Waals surface area contributed by atoms with E-state index in [1.807, 2.05) is 0 Å². The van der Waals surface area contributed by atoms with E-state index in [9.17, 15) is 4.79 Å². The van der Waals surface area contributed by atoms with E-state index in [4.69, 9.17) is 0 Å². The average Bonchev–Trinajstić information content (AvgIpc) is 2.55. The van der Waals surface area contributed by atoms with Crippen LogP contribution in [0.15, 0.2) is 24.3 Å². The molecule has 98 valence electrons. The molecule has 3 nitrogen and oxygen atoms in total. The van der Waals surface area contributed by atoms with E-state index in [0.717, 1.165) is 38.8 Å². The topological polar surface area (TPSA) is 41.1 Å². The SMILES string of the molecule is Cc1cccc(CCNC2CCCCNC2=O)c1. The van der Waals surface area contributed by atoms with E-state index in [1.54, 1.807) is 0 Å². The Bertz CT molecular complexity index is 403. The number of benzene rings is 1. The maximum Gasteiger partial charge on any atom is 0.237 e. The molecule has 0 bridgehead atoms. The molecule has 1 aliphatic rings. The van der Waals surface area contributed by atoms with Gasteiger partial charge in [0.1, 0.15) is 0 Å². The van der Waals surface area contributed by atoms with Crippen LogP contribution in [0.4, 0.5) is 0 Å². The number of hydrogen-bond acceptors (Lipinski definition) is 2. The lowest BCUT2D eigenvalue weighted by Gasteiger charge is -2.15. The Morgan fingerprint density at radius 3 is 3.11 bits per heavy atom. The molecule has 2 N–H and O–H groups in total. The van der Waals surface area contributed by atoms with Crippen LogP contribution in [-0.4, -0.2) is 25.0 Å². The van der Waals surface area contributed by atoms with Gasteiger partial charge in [-0.3, -0.25) is 4.79 Å². The van der Waals surface area contributed by atoms with Crippen LogP contribution in [0.1, 0.15) is 30.4 Å². The van der Waals surface area contributed by atoms with Crippen molar-refractivity contribution in [3.63, 3.8) is 0 Å². The van der Waals surface area contributed by atoms with Gasteiger partial charge in [-0.1, -0.05) is 29.8 Å². The van der Waals surface area contributed by atoms with Crippen molar-refractivity contribution in [2.45, 2.75) is 38.6 Å². The standard InChI is InChI=1S/C15H22N2O/c1-12-5-4-6-13(11-12)8-10-16-14-7-2-3-9-17-15(14)18/h4-6,11,14,16H,2-3,7-10H2,1H3,(H,17,18). The molecular formula is C15H22N2O. The van der Waals surface area contributed by atoms with Gasteiger partial charge >= 0.3 is 0 Å². The number of rotatable bonds is 4. The molecular weight excluding hydrogens is 224 g/mol. The summed E-state index contributed by atoms with van der Waals surface area (Å²) >= 11 is 0. The molecule has 18 heavy (non-hydrogen) atoms. The third-order valence-electron chi connectivity index (χ3n) is 3.42. The van der Waals surface area contributed by atoms with Crippen LogP contribution >= 0.6 is 0 Å². The zero-order valence-corrected chi connectivity index (χ0v) is 11.0. The minimum Gasteiger partial charge on any atom is -0.355 e. The molecule has 1 unspecified atom stereocenters.